The third kappa shape index (κ3) is 6.08. The molecule has 0 radical (unpaired) electrons. The van der Waals surface area contributed by atoms with Crippen molar-refractivity contribution in [3.8, 4) is 5.75 Å². The van der Waals surface area contributed by atoms with Gasteiger partial charge in [-0.05, 0) is 62.1 Å². The molecule has 0 spiro atoms. The van der Waals surface area contributed by atoms with E-state index in [1.54, 1.807) is 12.1 Å². The van der Waals surface area contributed by atoms with Crippen LogP contribution in [0.3, 0.4) is 0 Å². The van der Waals surface area contributed by atoms with Gasteiger partial charge in [0.1, 0.15) is 5.75 Å². The van der Waals surface area contributed by atoms with Crippen LogP contribution in [-0.2, 0) is 14.8 Å². The van der Waals surface area contributed by atoms with E-state index in [1.165, 1.54) is 12.1 Å². The summed E-state index contributed by atoms with van der Waals surface area (Å²) in [4.78, 5) is 12.3. The molecule has 144 valence electrons. The van der Waals surface area contributed by atoms with Gasteiger partial charge in [-0.25, -0.2) is 13.1 Å². The summed E-state index contributed by atoms with van der Waals surface area (Å²) in [5, 5.41) is 2.74. The van der Waals surface area contributed by atoms with E-state index in [1.807, 2.05) is 31.2 Å². The molecule has 3 rings (SSSR count). The molecule has 1 saturated carbocycles. The zero-order chi connectivity index (χ0) is 19.3. The number of amides is 1. The summed E-state index contributed by atoms with van der Waals surface area (Å²) in [6.07, 6.45) is 2.62. The zero-order valence-corrected chi connectivity index (χ0v) is 16.1. The van der Waals surface area contributed by atoms with Gasteiger partial charge in [0.25, 0.3) is 0 Å². The summed E-state index contributed by atoms with van der Waals surface area (Å²) in [7, 11) is -3.53. The van der Waals surface area contributed by atoms with Crippen LogP contribution in [-0.4, -0.2) is 27.0 Å². The third-order valence-electron chi connectivity index (χ3n) is 4.13. The molecular formula is C20H24N2O4S. The van der Waals surface area contributed by atoms with Crippen molar-refractivity contribution in [2.24, 2.45) is 0 Å². The Bertz CT molecular complexity index is 908. The van der Waals surface area contributed by atoms with Crippen LogP contribution in [0.5, 0.6) is 5.75 Å². The minimum Gasteiger partial charge on any atom is -0.494 e. The highest BCUT2D eigenvalue weighted by Gasteiger charge is 2.28. The summed E-state index contributed by atoms with van der Waals surface area (Å²) < 4.78 is 32.8. The number of carbonyl (C=O) groups is 1. The second kappa shape index (κ2) is 8.54. The molecule has 0 heterocycles. The number of hydrogen-bond acceptors (Lipinski definition) is 4. The second-order valence-electron chi connectivity index (χ2n) is 6.74. The van der Waals surface area contributed by atoms with Crippen molar-refractivity contribution in [3.63, 3.8) is 0 Å². The van der Waals surface area contributed by atoms with Crippen LogP contribution in [0.4, 0.5) is 5.69 Å². The molecule has 1 aliphatic rings. The van der Waals surface area contributed by atoms with Crippen molar-refractivity contribution < 1.29 is 17.9 Å². The molecule has 0 unspecified atom stereocenters. The smallest absolute Gasteiger partial charge is 0.240 e. The molecule has 27 heavy (non-hydrogen) atoms. The first kappa shape index (κ1) is 19.4. The van der Waals surface area contributed by atoms with Crippen LogP contribution in [0.25, 0.3) is 0 Å². The highest BCUT2D eigenvalue weighted by molar-refractivity contribution is 7.89. The van der Waals surface area contributed by atoms with Crippen LogP contribution in [0.15, 0.2) is 53.4 Å². The van der Waals surface area contributed by atoms with Gasteiger partial charge in [0, 0.05) is 18.2 Å². The average Bonchev–Trinajstić information content (AvgIpc) is 3.42. The van der Waals surface area contributed by atoms with Crippen LogP contribution >= 0.6 is 0 Å². The maximum Gasteiger partial charge on any atom is 0.240 e. The van der Waals surface area contributed by atoms with Gasteiger partial charge in [-0.2, -0.15) is 0 Å². The minimum absolute atomic E-state index is 0.0432. The predicted molar refractivity (Wildman–Crippen MR) is 104 cm³/mol. The Balaban J connectivity index is 1.47. The van der Waals surface area contributed by atoms with Gasteiger partial charge in [0.15, 0.2) is 0 Å². The first-order chi connectivity index (χ1) is 12.9. The number of rotatable bonds is 9. The Morgan fingerprint density at radius 3 is 2.67 bits per heavy atom. The Kier molecular flexibility index (Phi) is 6.13. The number of aryl methyl sites for hydroxylation is 1. The van der Waals surface area contributed by atoms with Crippen molar-refractivity contribution in [2.45, 2.75) is 43.5 Å². The maximum atomic E-state index is 12.2. The van der Waals surface area contributed by atoms with E-state index in [4.69, 9.17) is 4.74 Å². The Morgan fingerprint density at radius 2 is 1.93 bits per heavy atom. The second-order valence-corrected chi connectivity index (χ2v) is 8.45. The van der Waals surface area contributed by atoms with E-state index < -0.39 is 10.0 Å². The lowest BCUT2D eigenvalue weighted by molar-refractivity contribution is -0.116. The highest BCUT2D eigenvalue weighted by atomic mass is 32.2. The Hall–Kier alpha value is -2.38. The van der Waals surface area contributed by atoms with Crippen LogP contribution in [0.2, 0.25) is 0 Å². The van der Waals surface area contributed by atoms with Crippen LogP contribution in [0, 0.1) is 6.92 Å². The summed E-state index contributed by atoms with van der Waals surface area (Å²) in [6, 6.07) is 14.1. The van der Waals surface area contributed by atoms with E-state index >= 15 is 0 Å². The Labute approximate surface area is 160 Å². The third-order valence-corrected chi connectivity index (χ3v) is 5.65. The van der Waals surface area contributed by atoms with Gasteiger partial charge in [-0.3, -0.25) is 4.79 Å². The number of ether oxygens (including phenoxy) is 1. The molecule has 7 heteroatoms. The normalized spacial score (nSPS) is 14.0. The van der Waals surface area contributed by atoms with Crippen LogP contribution < -0.4 is 14.8 Å². The number of anilines is 1. The number of carbonyl (C=O) groups excluding carboxylic acids is 1. The fourth-order valence-corrected chi connectivity index (χ4v) is 3.93. The summed E-state index contributed by atoms with van der Waals surface area (Å²) in [6.45, 7) is 2.44. The van der Waals surface area contributed by atoms with Crippen molar-refractivity contribution in [2.75, 3.05) is 11.9 Å². The predicted octanol–water partition coefficient (Wildman–Crippen LogP) is 3.23. The van der Waals surface area contributed by atoms with Crippen molar-refractivity contribution >= 4 is 21.6 Å². The van der Waals surface area contributed by atoms with Crippen LogP contribution in [0.1, 0.15) is 31.2 Å². The quantitative estimate of drug-likeness (QED) is 0.646. The molecule has 1 amide bonds. The van der Waals surface area contributed by atoms with E-state index in [2.05, 4.69) is 10.0 Å². The average molecular weight is 388 g/mol. The topological polar surface area (TPSA) is 84.5 Å². The van der Waals surface area contributed by atoms with Crippen molar-refractivity contribution in [3.05, 3.63) is 54.1 Å². The lowest BCUT2D eigenvalue weighted by Gasteiger charge is -2.09. The number of hydrogen-bond donors (Lipinski definition) is 2. The molecule has 0 bridgehead atoms. The number of benzene rings is 2. The number of nitrogens with one attached hydrogen (secondary N) is 2. The van der Waals surface area contributed by atoms with Crippen molar-refractivity contribution in [1.82, 2.24) is 4.72 Å². The minimum atomic E-state index is -3.53. The lowest BCUT2D eigenvalue weighted by atomic mass is 10.2. The maximum absolute atomic E-state index is 12.2. The standard InChI is InChI=1S/C20H24N2O4S/c1-15-5-2-7-18(13-15)26-12-4-9-20(23)21-17-6-3-8-19(14-17)27(24,25)22-16-10-11-16/h2-3,5-8,13-14,16,22H,4,9-12H2,1H3,(H,21,23). The van der Waals surface area contributed by atoms with E-state index in [0.717, 1.165) is 24.2 Å². The first-order valence-corrected chi connectivity index (χ1v) is 10.5. The highest BCUT2D eigenvalue weighted by Crippen LogP contribution is 2.23. The molecule has 0 saturated heterocycles. The van der Waals surface area contributed by atoms with Crippen molar-refractivity contribution in [1.29, 1.82) is 0 Å². The van der Waals surface area contributed by atoms with E-state index in [9.17, 15) is 13.2 Å². The fraction of sp³-hybridized carbons (Fsp3) is 0.350. The monoisotopic (exact) mass is 388 g/mol. The SMILES string of the molecule is Cc1cccc(OCCCC(=O)Nc2cccc(S(=O)(=O)NC3CC3)c2)c1. The molecule has 2 N–H and O–H groups in total. The number of sulfonamides is 1. The molecule has 2 aromatic carbocycles. The molecule has 0 aliphatic heterocycles. The Morgan fingerprint density at radius 1 is 1.15 bits per heavy atom. The molecular weight excluding hydrogens is 364 g/mol. The fourth-order valence-electron chi connectivity index (χ4n) is 2.58. The first-order valence-electron chi connectivity index (χ1n) is 9.04. The molecule has 1 aliphatic carbocycles. The van der Waals surface area contributed by atoms with Gasteiger partial charge in [-0.1, -0.05) is 18.2 Å². The summed E-state index contributed by atoms with van der Waals surface area (Å²) in [5.41, 5.74) is 1.59. The zero-order valence-electron chi connectivity index (χ0n) is 15.3. The molecule has 2 aromatic rings. The largest absolute Gasteiger partial charge is 0.494 e. The lowest BCUT2D eigenvalue weighted by Crippen LogP contribution is -2.25. The molecule has 6 nitrogen and oxygen atoms in total. The van der Waals surface area contributed by atoms with E-state index in [0.29, 0.717) is 25.1 Å². The summed E-state index contributed by atoms with van der Waals surface area (Å²) in [5.74, 6) is 0.615. The molecule has 0 aromatic heterocycles. The van der Waals surface area contributed by atoms with Gasteiger partial charge < -0.3 is 10.1 Å². The van der Waals surface area contributed by atoms with Gasteiger partial charge in [0.05, 0.1) is 11.5 Å². The van der Waals surface area contributed by atoms with Gasteiger partial charge >= 0.3 is 0 Å². The molecule has 1 fully saturated rings. The summed E-state index contributed by atoms with van der Waals surface area (Å²) >= 11 is 0. The van der Waals surface area contributed by atoms with E-state index in [-0.39, 0.29) is 16.8 Å². The molecule has 0 atom stereocenters. The van der Waals surface area contributed by atoms with Gasteiger partial charge in [-0.15, -0.1) is 0 Å². The van der Waals surface area contributed by atoms with Gasteiger partial charge in [0.2, 0.25) is 15.9 Å².